The summed E-state index contributed by atoms with van der Waals surface area (Å²) in [6, 6.07) is 2.92. The zero-order valence-corrected chi connectivity index (χ0v) is 10.8. The Bertz CT molecular complexity index is 561. The first-order valence-corrected chi connectivity index (χ1v) is 6.63. The van der Waals surface area contributed by atoms with Crippen molar-refractivity contribution in [1.82, 2.24) is 4.72 Å². The highest BCUT2D eigenvalue weighted by atomic mass is 32.2. The number of halogens is 1. The second kappa shape index (κ2) is 6.45. The molecule has 0 aliphatic carbocycles. The van der Waals surface area contributed by atoms with Gasteiger partial charge in [-0.05, 0) is 18.2 Å². The molecule has 1 aromatic carbocycles. The van der Waals surface area contributed by atoms with Crippen molar-refractivity contribution in [1.29, 1.82) is 0 Å². The van der Waals surface area contributed by atoms with E-state index in [9.17, 15) is 17.6 Å². The number of anilines is 1. The molecule has 0 saturated heterocycles. The minimum absolute atomic E-state index is 0.0571. The predicted octanol–water partition coefficient (Wildman–Crippen LogP) is 0.417. The third-order valence-electron chi connectivity index (χ3n) is 2.05. The van der Waals surface area contributed by atoms with Gasteiger partial charge in [-0.2, -0.15) is 13.1 Å². The van der Waals surface area contributed by atoms with Crippen molar-refractivity contribution in [2.45, 2.75) is 0 Å². The first kappa shape index (κ1) is 15.3. The first-order chi connectivity index (χ1) is 8.85. The molecule has 0 bridgehead atoms. The summed E-state index contributed by atoms with van der Waals surface area (Å²) >= 11 is 0. The topological polar surface area (TPSA) is 105 Å². The highest BCUT2D eigenvalue weighted by Gasteiger charge is 2.13. The number of aromatic carboxylic acids is 1. The van der Waals surface area contributed by atoms with E-state index in [1.165, 1.54) is 7.11 Å². The first-order valence-electron chi connectivity index (χ1n) is 5.15. The fraction of sp³-hybridized carbons (Fsp3) is 0.300. The number of carboxylic acid groups (broad SMARTS) is 1. The lowest BCUT2D eigenvalue weighted by atomic mass is 10.2. The van der Waals surface area contributed by atoms with Gasteiger partial charge in [0.05, 0.1) is 17.9 Å². The zero-order chi connectivity index (χ0) is 14.5. The molecule has 0 heterocycles. The second-order valence-corrected chi connectivity index (χ2v) is 4.99. The van der Waals surface area contributed by atoms with Gasteiger partial charge in [0.2, 0.25) is 0 Å². The monoisotopic (exact) mass is 292 g/mol. The van der Waals surface area contributed by atoms with Crippen molar-refractivity contribution in [3.63, 3.8) is 0 Å². The van der Waals surface area contributed by atoms with E-state index < -0.39 is 27.6 Å². The lowest BCUT2D eigenvalue weighted by Gasteiger charge is -2.09. The summed E-state index contributed by atoms with van der Waals surface area (Å²) in [5.41, 5.74) is -0.609. The number of hydrogen-bond acceptors (Lipinski definition) is 4. The molecule has 3 N–H and O–H groups in total. The van der Waals surface area contributed by atoms with Gasteiger partial charge in [-0.1, -0.05) is 0 Å². The summed E-state index contributed by atoms with van der Waals surface area (Å²) < 4.78 is 45.2. The van der Waals surface area contributed by atoms with Crippen LogP contribution in [0.15, 0.2) is 18.2 Å². The van der Waals surface area contributed by atoms with E-state index in [4.69, 9.17) is 5.11 Å². The maximum Gasteiger partial charge on any atom is 0.338 e. The lowest BCUT2D eigenvalue weighted by molar-refractivity contribution is 0.0692. The van der Waals surface area contributed by atoms with Crippen LogP contribution in [0.25, 0.3) is 0 Å². The summed E-state index contributed by atoms with van der Waals surface area (Å²) in [5, 5.41) is 8.63. The molecule has 0 amide bonds. The van der Waals surface area contributed by atoms with Crippen molar-refractivity contribution in [3.8, 4) is 0 Å². The van der Waals surface area contributed by atoms with E-state index in [0.29, 0.717) is 0 Å². The minimum atomic E-state index is -3.85. The summed E-state index contributed by atoms with van der Waals surface area (Å²) in [7, 11) is -2.43. The van der Waals surface area contributed by atoms with Gasteiger partial charge in [0, 0.05) is 13.7 Å². The lowest BCUT2D eigenvalue weighted by Crippen LogP contribution is -2.32. The molecule has 0 atom stereocenters. The average Bonchev–Trinajstić information content (AvgIpc) is 2.28. The van der Waals surface area contributed by atoms with E-state index in [2.05, 4.69) is 14.2 Å². The molecule has 9 heteroatoms. The Kier molecular flexibility index (Phi) is 5.21. The molecule has 0 spiro atoms. The smallest absolute Gasteiger partial charge is 0.338 e. The Morgan fingerprint density at radius 1 is 1.47 bits per heavy atom. The number of nitrogens with one attached hydrogen (secondary N) is 2. The zero-order valence-electron chi connectivity index (χ0n) is 10.0. The van der Waals surface area contributed by atoms with Crippen LogP contribution >= 0.6 is 0 Å². The van der Waals surface area contributed by atoms with Gasteiger partial charge in [-0.3, -0.25) is 4.72 Å². The van der Waals surface area contributed by atoms with Gasteiger partial charge in [0.25, 0.3) is 10.2 Å². The van der Waals surface area contributed by atoms with Gasteiger partial charge in [0.15, 0.2) is 0 Å². The third kappa shape index (κ3) is 4.81. The van der Waals surface area contributed by atoms with Crippen LogP contribution in [0.4, 0.5) is 10.1 Å². The molecule has 106 valence electrons. The molecule has 0 aromatic heterocycles. The molecule has 7 nitrogen and oxygen atoms in total. The summed E-state index contributed by atoms with van der Waals surface area (Å²) in [4.78, 5) is 10.6. The van der Waals surface area contributed by atoms with Crippen LogP contribution in [0.2, 0.25) is 0 Å². The van der Waals surface area contributed by atoms with E-state index in [0.717, 1.165) is 18.2 Å². The predicted molar refractivity (Wildman–Crippen MR) is 65.8 cm³/mol. The number of hydrogen-bond donors (Lipinski definition) is 3. The van der Waals surface area contributed by atoms with E-state index in [-0.39, 0.29) is 18.8 Å². The molecular formula is C10H13FN2O5S. The summed E-state index contributed by atoms with van der Waals surface area (Å²) in [6.45, 7) is 0.245. The quantitative estimate of drug-likeness (QED) is 0.632. The van der Waals surface area contributed by atoms with Gasteiger partial charge in [-0.25, -0.2) is 9.18 Å². The molecule has 0 unspecified atom stereocenters. The number of methoxy groups -OCH3 is 1. The molecular weight excluding hydrogens is 279 g/mol. The molecule has 0 aliphatic rings. The minimum Gasteiger partial charge on any atom is -0.478 e. The maximum absolute atomic E-state index is 13.3. The summed E-state index contributed by atoms with van der Waals surface area (Å²) in [6.07, 6.45) is 0. The average molecular weight is 292 g/mol. The fourth-order valence-corrected chi connectivity index (χ4v) is 2.08. The normalized spacial score (nSPS) is 11.3. The van der Waals surface area contributed by atoms with Crippen LogP contribution in [-0.4, -0.2) is 39.8 Å². The van der Waals surface area contributed by atoms with Crippen LogP contribution in [0, 0.1) is 5.82 Å². The van der Waals surface area contributed by atoms with Crippen molar-refractivity contribution < 1.29 is 27.4 Å². The summed E-state index contributed by atoms with van der Waals surface area (Å²) in [5.74, 6) is -2.45. The van der Waals surface area contributed by atoms with Crippen molar-refractivity contribution >= 4 is 21.9 Å². The van der Waals surface area contributed by atoms with Gasteiger partial charge in [-0.15, -0.1) is 0 Å². The highest BCUT2D eigenvalue weighted by molar-refractivity contribution is 7.90. The van der Waals surface area contributed by atoms with E-state index in [1.807, 2.05) is 0 Å². The molecule has 1 rings (SSSR count). The maximum atomic E-state index is 13.3. The molecule has 0 saturated carbocycles. The van der Waals surface area contributed by atoms with Crippen molar-refractivity contribution in [2.24, 2.45) is 0 Å². The van der Waals surface area contributed by atoms with Crippen LogP contribution < -0.4 is 9.44 Å². The van der Waals surface area contributed by atoms with E-state index in [1.54, 1.807) is 0 Å². The Morgan fingerprint density at radius 2 is 2.16 bits per heavy atom. The number of benzene rings is 1. The third-order valence-corrected chi connectivity index (χ3v) is 3.14. The Balaban J connectivity index is 2.77. The van der Waals surface area contributed by atoms with Crippen molar-refractivity contribution in [3.05, 3.63) is 29.6 Å². The second-order valence-electron chi connectivity index (χ2n) is 3.49. The number of ether oxygens (including phenoxy) is 1. The van der Waals surface area contributed by atoms with Crippen LogP contribution in [0.3, 0.4) is 0 Å². The van der Waals surface area contributed by atoms with Gasteiger partial charge >= 0.3 is 5.97 Å². The molecule has 0 radical (unpaired) electrons. The Labute approximate surface area is 109 Å². The Hall–Kier alpha value is -1.71. The molecule has 0 fully saturated rings. The highest BCUT2D eigenvalue weighted by Crippen LogP contribution is 2.15. The number of carbonyl (C=O) groups is 1. The number of carboxylic acids is 1. The van der Waals surface area contributed by atoms with Gasteiger partial charge < -0.3 is 9.84 Å². The molecule has 1 aromatic rings. The molecule has 0 aliphatic heterocycles. The van der Waals surface area contributed by atoms with Crippen molar-refractivity contribution in [2.75, 3.05) is 25.0 Å². The Morgan fingerprint density at radius 3 is 2.68 bits per heavy atom. The SMILES string of the molecule is COCCNS(=O)(=O)Nc1ccc(C(=O)O)c(F)c1. The largest absolute Gasteiger partial charge is 0.478 e. The molecule has 19 heavy (non-hydrogen) atoms. The van der Waals surface area contributed by atoms with E-state index >= 15 is 0 Å². The van der Waals surface area contributed by atoms with Crippen LogP contribution in [0.1, 0.15) is 10.4 Å². The van der Waals surface area contributed by atoms with Crippen LogP contribution in [-0.2, 0) is 14.9 Å². The fourth-order valence-electron chi connectivity index (χ4n) is 1.22. The van der Waals surface area contributed by atoms with Gasteiger partial charge in [0.1, 0.15) is 5.82 Å². The standard InChI is InChI=1S/C10H13FN2O5S/c1-18-5-4-12-19(16,17)13-7-2-3-8(10(14)15)9(11)6-7/h2-3,6,12-13H,4-5H2,1H3,(H,14,15). The number of rotatable bonds is 7. The van der Waals surface area contributed by atoms with Crippen LogP contribution in [0.5, 0.6) is 0 Å².